The number of benzene rings is 1. The Labute approximate surface area is 114 Å². The Morgan fingerprint density at radius 2 is 2.11 bits per heavy atom. The molecule has 0 aliphatic carbocycles. The van der Waals surface area contributed by atoms with Gasteiger partial charge in [-0.3, -0.25) is 0 Å². The largest absolute Gasteiger partial charge is 0.478 e. The highest BCUT2D eigenvalue weighted by atomic mass is 32.1. The van der Waals surface area contributed by atoms with E-state index in [0.29, 0.717) is 22.2 Å². The topological polar surface area (TPSA) is 50.2 Å². The van der Waals surface area contributed by atoms with Crippen LogP contribution in [0.2, 0.25) is 0 Å². The monoisotopic (exact) mass is 269 g/mol. The van der Waals surface area contributed by atoms with Crippen molar-refractivity contribution in [1.29, 1.82) is 0 Å². The number of carboxylic acids is 1. The highest BCUT2D eigenvalue weighted by Crippen LogP contribution is 2.28. The van der Waals surface area contributed by atoms with Gasteiger partial charge in [0.1, 0.15) is 0 Å². The number of pyridine rings is 1. The summed E-state index contributed by atoms with van der Waals surface area (Å²) < 4.78 is 0. The molecule has 0 radical (unpaired) electrons. The molecule has 0 aliphatic rings. The van der Waals surface area contributed by atoms with Gasteiger partial charge in [-0.15, -0.1) is 11.3 Å². The number of carbonyl (C=O) groups is 1. The first-order chi connectivity index (χ1) is 9.15. The SMILES string of the molecule is Cc1ccc2nc(-c3cccs3)cc(C(=O)O)c2c1. The van der Waals surface area contributed by atoms with E-state index in [0.717, 1.165) is 10.4 Å². The van der Waals surface area contributed by atoms with E-state index in [4.69, 9.17) is 0 Å². The number of thiophene rings is 1. The summed E-state index contributed by atoms with van der Waals surface area (Å²) in [6, 6.07) is 11.2. The van der Waals surface area contributed by atoms with Crippen LogP contribution in [0.4, 0.5) is 0 Å². The smallest absolute Gasteiger partial charge is 0.336 e. The van der Waals surface area contributed by atoms with Crippen molar-refractivity contribution >= 4 is 28.2 Å². The van der Waals surface area contributed by atoms with Crippen LogP contribution in [0, 0.1) is 6.92 Å². The third kappa shape index (κ3) is 2.11. The number of aryl methyl sites for hydroxylation is 1. The molecule has 3 aromatic rings. The average Bonchev–Trinajstić information content (AvgIpc) is 2.91. The Morgan fingerprint density at radius 3 is 2.79 bits per heavy atom. The number of aromatic carboxylic acids is 1. The van der Waals surface area contributed by atoms with Crippen LogP contribution >= 0.6 is 11.3 Å². The van der Waals surface area contributed by atoms with Crippen molar-refractivity contribution in [2.45, 2.75) is 6.92 Å². The van der Waals surface area contributed by atoms with Gasteiger partial charge in [0.25, 0.3) is 0 Å². The second kappa shape index (κ2) is 4.48. The predicted molar refractivity (Wildman–Crippen MR) is 76.8 cm³/mol. The van der Waals surface area contributed by atoms with Crippen molar-refractivity contribution in [3.8, 4) is 10.6 Å². The molecule has 1 aromatic carbocycles. The van der Waals surface area contributed by atoms with Gasteiger partial charge in [-0.1, -0.05) is 17.7 Å². The van der Waals surface area contributed by atoms with Crippen LogP contribution in [0.25, 0.3) is 21.5 Å². The van der Waals surface area contributed by atoms with Gasteiger partial charge in [-0.25, -0.2) is 9.78 Å². The van der Waals surface area contributed by atoms with Crippen LogP contribution < -0.4 is 0 Å². The van der Waals surface area contributed by atoms with E-state index < -0.39 is 5.97 Å². The number of rotatable bonds is 2. The molecule has 0 bridgehead atoms. The predicted octanol–water partition coefficient (Wildman–Crippen LogP) is 3.97. The molecule has 0 amide bonds. The number of fused-ring (bicyclic) bond motifs is 1. The molecule has 0 spiro atoms. The molecule has 0 saturated carbocycles. The molecule has 0 saturated heterocycles. The number of carboxylic acid groups (broad SMARTS) is 1. The van der Waals surface area contributed by atoms with Gasteiger partial charge in [-0.2, -0.15) is 0 Å². The van der Waals surface area contributed by atoms with Crippen LogP contribution in [0.3, 0.4) is 0 Å². The molecule has 2 aromatic heterocycles. The molecule has 2 heterocycles. The molecule has 19 heavy (non-hydrogen) atoms. The van der Waals surface area contributed by atoms with E-state index in [1.807, 2.05) is 42.6 Å². The molecular formula is C15H11NO2S. The Bertz CT molecular complexity index is 763. The van der Waals surface area contributed by atoms with Gasteiger partial charge >= 0.3 is 5.97 Å². The highest BCUT2D eigenvalue weighted by molar-refractivity contribution is 7.13. The van der Waals surface area contributed by atoms with Crippen molar-refractivity contribution in [2.24, 2.45) is 0 Å². The maximum atomic E-state index is 11.4. The van der Waals surface area contributed by atoms with E-state index in [2.05, 4.69) is 4.98 Å². The third-order valence-electron chi connectivity index (χ3n) is 2.97. The molecule has 4 heteroatoms. The minimum absolute atomic E-state index is 0.303. The first kappa shape index (κ1) is 11.9. The Morgan fingerprint density at radius 1 is 1.26 bits per heavy atom. The van der Waals surface area contributed by atoms with Crippen molar-refractivity contribution < 1.29 is 9.90 Å². The lowest BCUT2D eigenvalue weighted by atomic mass is 10.0. The first-order valence-electron chi connectivity index (χ1n) is 5.84. The van der Waals surface area contributed by atoms with Gasteiger partial charge in [0, 0.05) is 5.39 Å². The fourth-order valence-corrected chi connectivity index (χ4v) is 2.75. The van der Waals surface area contributed by atoms with Gasteiger partial charge < -0.3 is 5.11 Å². The van der Waals surface area contributed by atoms with E-state index in [1.54, 1.807) is 17.4 Å². The van der Waals surface area contributed by atoms with Gasteiger partial charge in [0.05, 0.1) is 21.7 Å². The van der Waals surface area contributed by atoms with E-state index in [9.17, 15) is 9.90 Å². The maximum absolute atomic E-state index is 11.4. The summed E-state index contributed by atoms with van der Waals surface area (Å²) in [5.74, 6) is -0.921. The van der Waals surface area contributed by atoms with Crippen molar-refractivity contribution in [1.82, 2.24) is 4.98 Å². The van der Waals surface area contributed by atoms with Crippen LogP contribution in [-0.4, -0.2) is 16.1 Å². The molecule has 3 rings (SSSR count). The quantitative estimate of drug-likeness (QED) is 0.765. The second-order valence-electron chi connectivity index (χ2n) is 4.36. The highest BCUT2D eigenvalue weighted by Gasteiger charge is 2.13. The average molecular weight is 269 g/mol. The van der Waals surface area contributed by atoms with Crippen LogP contribution in [0.5, 0.6) is 0 Å². The Kier molecular flexibility index (Phi) is 2.80. The summed E-state index contributed by atoms with van der Waals surface area (Å²) in [6.07, 6.45) is 0. The summed E-state index contributed by atoms with van der Waals surface area (Å²) in [4.78, 5) is 16.9. The molecule has 0 atom stereocenters. The zero-order chi connectivity index (χ0) is 13.4. The van der Waals surface area contributed by atoms with Crippen LogP contribution in [-0.2, 0) is 0 Å². The Balaban J connectivity index is 2.34. The molecule has 0 aliphatic heterocycles. The fourth-order valence-electron chi connectivity index (χ4n) is 2.07. The summed E-state index contributed by atoms with van der Waals surface area (Å²) >= 11 is 1.55. The van der Waals surface area contributed by atoms with E-state index in [1.165, 1.54) is 0 Å². The Hall–Kier alpha value is -2.20. The minimum atomic E-state index is -0.921. The first-order valence-corrected chi connectivity index (χ1v) is 6.72. The summed E-state index contributed by atoms with van der Waals surface area (Å²) in [6.45, 7) is 1.94. The normalized spacial score (nSPS) is 10.8. The maximum Gasteiger partial charge on any atom is 0.336 e. The van der Waals surface area contributed by atoms with Gasteiger partial charge in [0.15, 0.2) is 0 Å². The molecule has 0 fully saturated rings. The molecular weight excluding hydrogens is 258 g/mol. The zero-order valence-electron chi connectivity index (χ0n) is 10.3. The number of aromatic nitrogens is 1. The standard InChI is InChI=1S/C15H11NO2S/c1-9-4-5-12-10(7-9)11(15(17)18)8-13(16-12)14-3-2-6-19-14/h2-8H,1H3,(H,17,18). The number of hydrogen-bond donors (Lipinski definition) is 1. The lowest BCUT2D eigenvalue weighted by molar-refractivity contribution is 0.0699. The minimum Gasteiger partial charge on any atom is -0.478 e. The van der Waals surface area contributed by atoms with E-state index in [-0.39, 0.29) is 0 Å². The van der Waals surface area contributed by atoms with Gasteiger partial charge in [0.2, 0.25) is 0 Å². The lowest BCUT2D eigenvalue weighted by Gasteiger charge is -2.06. The molecule has 1 N–H and O–H groups in total. The van der Waals surface area contributed by atoms with Crippen molar-refractivity contribution in [3.63, 3.8) is 0 Å². The fraction of sp³-hybridized carbons (Fsp3) is 0.0667. The third-order valence-corrected chi connectivity index (χ3v) is 3.86. The summed E-state index contributed by atoms with van der Waals surface area (Å²) in [5, 5.41) is 12.0. The van der Waals surface area contributed by atoms with Crippen LogP contribution in [0.1, 0.15) is 15.9 Å². The van der Waals surface area contributed by atoms with Gasteiger partial charge in [-0.05, 0) is 36.6 Å². The lowest BCUT2D eigenvalue weighted by Crippen LogP contribution is -2.00. The zero-order valence-corrected chi connectivity index (χ0v) is 11.1. The van der Waals surface area contributed by atoms with Crippen molar-refractivity contribution in [3.05, 3.63) is 52.9 Å². The summed E-state index contributed by atoms with van der Waals surface area (Å²) in [5.41, 5.74) is 2.76. The number of hydrogen-bond acceptors (Lipinski definition) is 3. The number of nitrogens with zero attached hydrogens (tertiary/aromatic N) is 1. The molecule has 94 valence electrons. The summed E-state index contributed by atoms with van der Waals surface area (Å²) in [7, 11) is 0. The van der Waals surface area contributed by atoms with E-state index >= 15 is 0 Å². The molecule has 0 unspecified atom stereocenters. The molecule has 3 nitrogen and oxygen atoms in total. The van der Waals surface area contributed by atoms with Crippen LogP contribution in [0.15, 0.2) is 41.8 Å². The second-order valence-corrected chi connectivity index (χ2v) is 5.31. The van der Waals surface area contributed by atoms with Crippen molar-refractivity contribution in [2.75, 3.05) is 0 Å².